The van der Waals surface area contributed by atoms with Gasteiger partial charge in [-0.1, -0.05) is 80.2 Å². The van der Waals surface area contributed by atoms with E-state index in [1.54, 1.807) is 24.5 Å². The van der Waals surface area contributed by atoms with Crippen molar-refractivity contribution in [3.63, 3.8) is 0 Å². The number of azo groups is 2. The molecule has 0 spiro atoms. The molecule has 0 amide bonds. The van der Waals surface area contributed by atoms with E-state index in [4.69, 9.17) is 18.3 Å². The standard InChI is InChI=1S/C23H24N4O2.C22H23N5O2.C16H21NO2.C10H9BrO2.C6H13N/c1-3-15-8-10-27(12-15)13-18-14(2)6-7-17-21(28)20(29-22(17)18)11-19-16-5-4-9-24-23(16)26-25-19;1-13-5-6-16-20(28)19(10-18-15-4-3-8-24-22(15)26-25-18)29-21(16)17(13)12-27-9-7-14(11-27)23-2;1-3-12-6-7-17(8-12)9-14-11(2)4-5-13-15(18)10-19-16(13)14;1-6-2-3-7-9(12)5-13-10(7)8(6)4-11;1-2-6-3-4-7-5-6/h4-7,9,11,15,28H,3,8,10,12-13H2,1-2H3;3-6,8,10,14,23,28H,7,9,11-12H2,1-2H3;4-5,12H,3,6-10H2,1-2H3;2-3H,4-5H2,1H3;6-7H,2-5H2,1H3/t15-;14-;12-;;/m000../s1. The minimum Gasteiger partial charge on any atom is -0.504 e. The Balaban J connectivity index is 0.000000123. The van der Waals surface area contributed by atoms with Gasteiger partial charge in [0.15, 0.2) is 47.9 Å². The number of pyridine rings is 2. The fourth-order valence-corrected chi connectivity index (χ4v) is 14.8. The number of likely N-dealkylation sites (N-methyl/N-ethyl adjacent to an activating group) is 1. The summed E-state index contributed by atoms with van der Waals surface area (Å²) in [6.45, 7) is 27.2. The number of halogens is 1. The quantitative estimate of drug-likeness (QED) is 0.0787. The Bertz CT molecular complexity index is 4160. The van der Waals surface area contributed by atoms with Crippen LogP contribution in [0.15, 0.2) is 114 Å². The van der Waals surface area contributed by atoms with E-state index >= 15 is 0 Å². The van der Waals surface area contributed by atoms with Crippen LogP contribution in [0.2, 0.25) is 0 Å². The molecule has 0 saturated carbocycles. The average Bonchev–Trinajstić information content (AvgIpc) is 1.64. The lowest BCUT2D eigenvalue weighted by Crippen LogP contribution is -2.29. The number of likely N-dealkylation sites (tertiary alicyclic amines) is 3. The number of nitrogens with one attached hydrogen (secondary N) is 2. The zero-order valence-corrected chi connectivity index (χ0v) is 58.7. The Morgan fingerprint density at radius 1 is 0.557 bits per heavy atom. The van der Waals surface area contributed by atoms with Gasteiger partial charge in [0, 0.05) is 115 Å². The first-order valence-corrected chi connectivity index (χ1v) is 35.6. The first kappa shape index (κ1) is 68.7. The maximum atomic E-state index is 11.7. The van der Waals surface area contributed by atoms with Gasteiger partial charge in [-0.2, -0.15) is 0 Å². The van der Waals surface area contributed by atoms with Crippen molar-refractivity contribution in [3.8, 4) is 23.0 Å². The molecule has 508 valence electrons. The van der Waals surface area contributed by atoms with Crippen LogP contribution < -0.4 is 20.1 Å². The number of Topliss-reactive ketones (excluding diaryl/α,β-unsaturated/α-hetero) is 2. The zero-order valence-electron chi connectivity index (χ0n) is 57.1. The third-order valence-corrected chi connectivity index (χ3v) is 21.0. The molecule has 4 saturated heterocycles. The van der Waals surface area contributed by atoms with Crippen LogP contribution in [0.4, 0.5) is 11.6 Å². The van der Waals surface area contributed by atoms with Crippen LogP contribution in [0.1, 0.15) is 154 Å². The first-order valence-electron chi connectivity index (χ1n) is 34.5. The highest BCUT2D eigenvalue weighted by Crippen LogP contribution is 2.44. The molecule has 97 heavy (non-hydrogen) atoms. The predicted molar refractivity (Wildman–Crippen MR) is 384 cm³/mol. The summed E-state index contributed by atoms with van der Waals surface area (Å²) in [6, 6.07) is 23.8. The second-order valence-corrected chi connectivity index (χ2v) is 27.3. The molecule has 4 fully saturated rings. The van der Waals surface area contributed by atoms with Crippen LogP contribution in [-0.2, 0) is 25.0 Å². The number of aromatic nitrogens is 2. The third kappa shape index (κ3) is 15.2. The van der Waals surface area contributed by atoms with Gasteiger partial charge in [0.2, 0.25) is 11.6 Å². The highest BCUT2D eigenvalue weighted by atomic mass is 79.9. The van der Waals surface area contributed by atoms with E-state index in [1.807, 2.05) is 80.7 Å². The molecule has 0 bridgehead atoms. The molecule has 16 rings (SSSR count). The molecule has 1 unspecified atom stereocenters. The fraction of sp³-hybridized carbons (Fsp3) is 0.429. The number of ether oxygens (including phenoxy) is 2. The molecular weight excluding hydrogens is 1290 g/mol. The molecule has 19 nitrogen and oxygen atoms in total. The topological polar surface area (TPSA) is 228 Å². The Labute approximate surface area is 576 Å². The number of aryl methyl sites for hydroxylation is 4. The number of benzene rings is 4. The molecular formula is C77H90BrN11O8. The van der Waals surface area contributed by atoms with E-state index in [0.717, 1.165) is 165 Å². The third-order valence-electron chi connectivity index (χ3n) is 20.4. The van der Waals surface area contributed by atoms with Gasteiger partial charge in [-0.25, -0.2) is 9.97 Å². The van der Waals surface area contributed by atoms with Gasteiger partial charge in [0.1, 0.15) is 34.1 Å². The van der Waals surface area contributed by atoms with Gasteiger partial charge in [0.25, 0.3) is 0 Å². The number of nitrogens with zero attached hydrogens (tertiary/aromatic N) is 9. The summed E-state index contributed by atoms with van der Waals surface area (Å²) >= 11 is 3.39. The molecule has 4 N–H and O–H groups in total. The number of furan rings is 2. The molecule has 0 aliphatic carbocycles. The van der Waals surface area contributed by atoms with Crippen molar-refractivity contribution >= 4 is 84.6 Å². The number of aromatic hydroxyl groups is 2. The van der Waals surface area contributed by atoms with Gasteiger partial charge in [-0.3, -0.25) is 24.3 Å². The Hall–Kier alpha value is -8.24. The van der Waals surface area contributed by atoms with Crippen LogP contribution in [-0.4, -0.2) is 125 Å². The molecule has 4 atom stereocenters. The van der Waals surface area contributed by atoms with E-state index in [9.17, 15) is 19.8 Å². The monoisotopic (exact) mass is 1380 g/mol. The molecule has 8 aliphatic heterocycles. The van der Waals surface area contributed by atoms with Crippen molar-refractivity contribution in [1.82, 2.24) is 35.3 Å². The Kier molecular flexibility index (Phi) is 22.0. The highest BCUT2D eigenvalue weighted by molar-refractivity contribution is 9.08. The number of hydrogen-bond acceptors (Lipinski definition) is 19. The second-order valence-electron chi connectivity index (χ2n) is 26.7. The number of carbonyl (C=O) groups excluding carboxylic acids is 2. The number of rotatable bonds is 13. The molecule has 0 radical (unpaired) electrons. The molecule has 12 heterocycles. The smallest absolute Gasteiger partial charge is 0.203 e. The number of fused-ring (bicyclic) bond motifs is 6. The zero-order chi connectivity index (χ0) is 67.9. The normalized spacial score (nSPS) is 20.7. The van der Waals surface area contributed by atoms with E-state index in [2.05, 4.69) is 119 Å². The minimum absolute atomic E-state index is 0.0807. The maximum Gasteiger partial charge on any atom is 0.203 e. The van der Waals surface area contributed by atoms with Gasteiger partial charge in [-0.05, 0) is 175 Å². The summed E-state index contributed by atoms with van der Waals surface area (Å²) in [5.41, 5.74) is 15.2. The second kappa shape index (κ2) is 31.1. The van der Waals surface area contributed by atoms with Crippen LogP contribution in [0.5, 0.6) is 23.0 Å². The lowest BCUT2D eigenvalue weighted by atomic mass is 10.0. The number of ketones is 2. The van der Waals surface area contributed by atoms with Crippen molar-refractivity contribution < 1.29 is 38.1 Å². The van der Waals surface area contributed by atoms with Gasteiger partial charge >= 0.3 is 0 Å². The van der Waals surface area contributed by atoms with Crippen LogP contribution in [0, 0.1) is 45.4 Å². The summed E-state index contributed by atoms with van der Waals surface area (Å²) in [5.74, 6) is 6.65. The summed E-state index contributed by atoms with van der Waals surface area (Å²) in [5, 5.41) is 47.1. The lowest BCUT2D eigenvalue weighted by Gasteiger charge is -2.19. The van der Waals surface area contributed by atoms with Crippen LogP contribution in [0.3, 0.4) is 0 Å². The highest BCUT2D eigenvalue weighted by Gasteiger charge is 2.31. The average molecular weight is 1380 g/mol. The van der Waals surface area contributed by atoms with Crippen molar-refractivity contribution in [1.29, 1.82) is 0 Å². The minimum atomic E-state index is 0.0807. The molecule has 8 aromatic rings. The van der Waals surface area contributed by atoms with E-state index in [-0.39, 0.29) is 36.3 Å². The van der Waals surface area contributed by atoms with Crippen molar-refractivity contribution in [2.24, 2.45) is 38.2 Å². The number of hydrogen-bond donors (Lipinski definition) is 4. The maximum absolute atomic E-state index is 11.7. The van der Waals surface area contributed by atoms with Crippen molar-refractivity contribution in [3.05, 3.63) is 163 Å². The summed E-state index contributed by atoms with van der Waals surface area (Å²) < 4.78 is 23.3. The molecule has 4 aromatic carbocycles. The predicted octanol–water partition coefficient (Wildman–Crippen LogP) is 16.2. The number of alkyl halides is 1. The summed E-state index contributed by atoms with van der Waals surface area (Å²) in [7, 11) is 2.01. The largest absolute Gasteiger partial charge is 0.504 e. The van der Waals surface area contributed by atoms with Crippen LogP contribution >= 0.6 is 15.9 Å². The Morgan fingerprint density at radius 2 is 1.01 bits per heavy atom. The Morgan fingerprint density at radius 3 is 1.45 bits per heavy atom. The van der Waals surface area contributed by atoms with E-state index in [0.29, 0.717) is 40.6 Å². The molecule has 20 heteroatoms. The summed E-state index contributed by atoms with van der Waals surface area (Å²) in [6.07, 6.45) is 15.8. The first-order chi connectivity index (χ1) is 47.1. The fourth-order valence-electron chi connectivity index (χ4n) is 14.1. The van der Waals surface area contributed by atoms with Gasteiger partial charge < -0.3 is 39.2 Å². The molecule has 8 aliphatic rings. The van der Waals surface area contributed by atoms with Gasteiger partial charge in [-0.15, -0.1) is 20.5 Å². The van der Waals surface area contributed by atoms with Crippen LogP contribution in [0.25, 0.3) is 45.5 Å². The van der Waals surface area contributed by atoms with Crippen molar-refractivity contribution in [2.45, 2.75) is 124 Å². The number of carbonyl (C=O) groups is 2. The SMILES string of the molecule is CCC1CCNC1.CC[C@H]1CCN(Cc2c(C)ccc3c(O)c(C=C4N=Nc5ncccc54)oc23)C1.CC[C@H]1CCN(Cc2c(C)ccc3c2OCC3=O)C1.CN[C@H]1CCN(Cc2c(C)ccc3c(O)c(C=C4N=Nc5ncccc54)oc23)C1.Cc1ccc2c(c1CBr)OCC2=O. The van der Waals surface area contributed by atoms with E-state index < -0.39 is 0 Å². The lowest BCUT2D eigenvalue weighted by molar-refractivity contribution is 0.0954. The summed E-state index contributed by atoms with van der Waals surface area (Å²) in [4.78, 5) is 38.9. The molecule has 4 aromatic heterocycles. The van der Waals surface area contributed by atoms with Gasteiger partial charge in [0.05, 0.1) is 21.9 Å². The van der Waals surface area contributed by atoms with E-state index in [1.165, 1.54) is 74.8 Å². The van der Waals surface area contributed by atoms with Crippen molar-refractivity contribution in [2.75, 3.05) is 72.6 Å².